The zero-order chi connectivity index (χ0) is 14.7. The van der Waals surface area contributed by atoms with Crippen molar-refractivity contribution < 1.29 is 19.1 Å². The van der Waals surface area contributed by atoms with Crippen LogP contribution in [0.1, 0.15) is 16.3 Å². The summed E-state index contributed by atoms with van der Waals surface area (Å²) in [6, 6.07) is 9.58. The molecule has 0 aliphatic carbocycles. The van der Waals surface area contributed by atoms with Gasteiger partial charge in [0.15, 0.2) is 5.76 Å². The van der Waals surface area contributed by atoms with Gasteiger partial charge in [-0.05, 0) is 37.3 Å². The number of amides is 1. The van der Waals surface area contributed by atoms with Crippen LogP contribution >= 0.6 is 11.6 Å². The fourth-order valence-electron chi connectivity index (χ4n) is 1.74. The molecule has 0 aliphatic heterocycles. The molecule has 2 rings (SSSR count). The number of hydrogen-bond donors (Lipinski definition) is 1. The molecule has 6 heteroatoms. The molecular weight excluding hydrogens is 282 g/mol. The number of rotatable bonds is 4. The van der Waals surface area contributed by atoms with E-state index in [4.69, 9.17) is 21.1 Å². The molecule has 0 unspecified atom stereocenters. The molecule has 2 aromatic rings. The van der Waals surface area contributed by atoms with Gasteiger partial charge in [0, 0.05) is 10.7 Å². The normalized spacial score (nSPS) is 10.3. The maximum atomic E-state index is 12.3. The third-order valence-corrected chi connectivity index (χ3v) is 2.84. The number of anilines is 1. The lowest BCUT2D eigenvalue weighted by atomic mass is 10.2. The number of carboxylic acid groups (broad SMARTS) is 1. The topological polar surface area (TPSA) is 70.8 Å². The number of aliphatic carboxylic acids is 1. The maximum Gasteiger partial charge on any atom is 0.323 e. The highest BCUT2D eigenvalue weighted by atomic mass is 35.5. The van der Waals surface area contributed by atoms with E-state index in [0.29, 0.717) is 16.5 Å². The Hall–Kier alpha value is -2.27. The van der Waals surface area contributed by atoms with Gasteiger partial charge in [-0.3, -0.25) is 14.5 Å². The predicted octanol–water partition coefficient (Wildman–Crippen LogP) is 2.97. The lowest BCUT2D eigenvalue weighted by Gasteiger charge is -2.19. The number of nitrogens with zero attached hydrogens (tertiary/aromatic N) is 1. The van der Waals surface area contributed by atoms with Crippen LogP contribution in [0, 0.1) is 6.92 Å². The molecule has 20 heavy (non-hydrogen) atoms. The van der Waals surface area contributed by atoms with Crippen molar-refractivity contribution >= 4 is 29.2 Å². The predicted molar refractivity (Wildman–Crippen MR) is 74.2 cm³/mol. The second-order valence-electron chi connectivity index (χ2n) is 4.18. The zero-order valence-electron chi connectivity index (χ0n) is 10.7. The molecule has 0 saturated carbocycles. The van der Waals surface area contributed by atoms with Crippen LogP contribution in [-0.4, -0.2) is 23.5 Å². The van der Waals surface area contributed by atoms with Gasteiger partial charge < -0.3 is 9.52 Å². The minimum Gasteiger partial charge on any atom is -0.480 e. The summed E-state index contributed by atoms with van der Waals surface area (Å²) in [5.74, 6) is -0.984. The van der Waals surface area contributed by atoms with Crippen molar-refractivity contribution in [3.63, 3.8) is 0 Å². The molecule has 1 N–H and O–H groups in total. The highest BCUT2D eigenvalue weighted by molar-refractivity contribution is 6.31. The van der Waals surface area contributed by atoms with Crippen molar-refractivity contribution in [1.82, 2.24) is 0 Å². The minimum absolute atomic E-state index is 0.0868. The number of aryl methyl sites for hydroxylation is 1. The molecule has 0 aliphatic rings. The molecule has 0 atom stereocenters. The number of benzene rings is 1. The lowest BCUT2D eigenvalue weighted by Crippen LogP contribution is -2.35. The first-order chi connectivity index (χ1) is 9.47. The summed E-state index contributed by atoms with van der Waals surface area (Å²) in [7, 11) is 0. The Bertz CT molecular complexity index is 650. The van der Waals surface area contributed by atoms with E-state index in [1.165, 1.54) is 12.1 Å². The molecule has 0 spiro atoms. The van der Waals surface area contributed by atoms with Crippen LogP contribution < -0.4 is 4.90 Å². The van der Waals surface area contributed by atoms with Crippen LogP contribution in [0.15, 0.2) is 40.8 Å². The maximum absolute atomic E-state index is 12.3. The van der Waals surface area contributed by atoms with Crippen LogP contribution in [0.4, 0.5) is 5.69 Å². The summed E-state index contributed by atoms with van der Waals surface area (Å²) < 4.78 is 5.24. The summed E-state index contributed by atoms with van der Waals surface area (Å²) in [6.07, 6.45) is 0. The average Bonchev–Trinajstić information content (AvgIpc) is 2.81. The first-order valence-corrected chi connectivity index (χ1v) is 6.21. The van der Waals surface area contributed by atoms with Crippen molar-refractivity contribution in [3.05, 3.63) is 52.9 Å². The van der Waals surface area contributed by atoms with E-state index >= 15 is 0 Å². The fraction of sp³-hybridized carbons (Fsp3) is 0.143. The zero-order valence-corrected chi connectivity index (χ0v) is 11.4. The van der Waals surface area contributed by atoms with Gasteiger partial charge in [-0.15, -0.1) is 0 Å². The van der Waals surface area contributed by atoms with E-state index in [-0.39, 0.29) is 5.76 Å². The number of halogens is 1. The Morgan fingerprint density at radius 3 is 2.60 bits per heavy atom. The highest BCUT2D eigenvalue weighted by Gasteiger charge is 2.23. The number of furan rings is 1. The van der Waals surface area contributed by atoms with Gasteiger partial charge in [-0.25, -0.2) is 0 Å². The molecule has 0 bridgehead atoms. The van der Waals surface area contributed by atoms with Gasteiger partial charge in [0.05, 0.1) is 0 Å². The number of hydrogen-bond acceptors (Lipinski definition) is 3. The van der Waals surface area contributed by atoms with Crippen molar-refractivity contribution in [2.45, 2.75) is 6.92 Å². The van der Waals surface area contributed by atoms with Crippen LogP contribution in [0.3, 0.4) is 0 Å². The standard InChI is InChI=1S/C14H12ClNO4/c1-9-5-6-12(20-9)14(19)16(8-13(17)18)11-4-2-3-10(15)7-11/h2-7H,8H2,1H3,(H,17,18). The Morgan fingerprint density at radius 1 is 1.30 bits per heavy atom. The number of carboxylic acids is 1. The Labute approximate surface area is 120 Å². The lowest BCUT2D eigenvalue weighted by molar-refractivity contribution is -0.135. The highest BCUT2D eigenvalue weighted by Crippen LogP contribution is 2.22. The fourth-order valence-corrected chi connectivity index (χ4v) is 1.93. The Kier molecular flexibility index (Phi) is 4.10. The van der Waals surface area contributed by atoms with Crippen LogP contribution in [0.5, 0.6) is 0 Å². The van der Waals surface area contributed by atoms with Crippen molar-refractivity contribution in [1.29, 1.82) is 0 Å². The van der Waals surface area contributed by atoms with Gasteiger partial charge in [-0.2, -0.15) is 0 Å². The van der Waals surface area contributed by atoms with Crippen LogP contribution in [-0.2, 0) is 4.79 Å². The van der Waals surface area contributed by atoms with E-state index in [1.54, 1.807) is 31.2 Å². The Balaban J connectivity index is 2.37. The molecule has 0 radical (unpaired) electrons. The van der Waals surface area contributed by atoms with Crippen molar-refractivity contribution in [2.24, 2.45) is 0 Å². The SMILES string of the molecule is Cc1ccc(C(=O)N(CC(=O)O)c2cccc(Cl)c2)o1. The quantitative estimate of drug-likeness (QED) is 0.941. The van der Waals surface area contributed by atoms with Crippen molar-refractivity contribution in [3.8, 4) is 0 Å². The van der Waals surface area contributed by atoms with Crippen molar-refractivity contribution in [2.75, 3.05) is 11.4 Å². The van der Waals surface area contributed by atoms with Gasteiger partial charge >= 0.3 is 5.97 Å². The minimum atomic E-state index is -1.12. The third-order valence-electron chi connectivity index (χ3n) is 2.61. The first kappa shape index (κ1) is 14.1. The summed E-state index contributed by atoms with van der Waals surface area (Å²) in [4.78, 5) is 24.4. The molecule has 5 nitrogen and oxygen atoms in total. The molecule has 104 valence electrons. The molecule has 1 amide bonds. The molecular formula is C14H12ClNO4. The second-order valence-corrected chi connectivity index (χ2v) is 4.61. The number of carbonyl (C=O) groups excluding carboxylic acids is 1. The van der Waals surface area contributed by atoms with Crippen LogP contribution in [0.25, 0.3) is 0 Å². The molecule has 0 fully saturated rings. The summed E-state index contributed by atoms with van der Waals surface area (Å²) in [6.45, 7) is 1.23. The number of carbonyl (C=O) groups is 2. The first-order valence-electron chi connectivity index (χ1n) is 5.83. The summed E-state index contributed by atoms with van der Waals surface area (Å²) in [5, 5.41) is 9.38. The van der Waals surface area contributed by atoms with E-state index in [2.05, 4.69) is 0 Å². The smallest absolute Gasteiger partial charge is 0.323 e. The molecule has 0 saturated heterocycles. The summed E-state index contributed by atoms with van der Waals surface area (Å²) >= 11 is 5.87. The van der Waals surface area contributed by atoms with Crippen LogP contribution in [0.2, 0.25) is 5.02 Å². The van der Waals surface area contributed by atoms with E-state index < -0.39 is 18.4 Å². The van der Waals surface area contributed by atoms with Gasteiger partial charge in [0.2, 0.25) is 0 Å². The third kappa shape index (κ3) is 3.19. The van der Waals surface area contributed by atoms with Gasteiger partial charge in [-0.1, -0.05) is 17.7 Å². The van der Waals surface area contributed by atoms with Gasteiger partial charge in [0.1, 0.15) is 12.3 Å². The van der Waals surface area contributed by atoms with Gasteiger partial charge in [0.25, 0.3) is 5.91 Å². The second kappa shape index (κ2) is 5.79. The molecule has 1 aromatic carbocycles. The van der Waals surface area contributed by atoms with E-state index in [9.17, 15) is 9.59 Å². The summed E-state index contributed by atoms with van der Waals surface area (Å²) in [5.41, 5.74) is 0.402. The van der Waals surface area contributed by atoms with E-state index in [1.807, 2.05) is 0 Å². The molecule has 1 aromatic heterocycles. The largest absolute Gasteiger partial charge is 0.480 e. The molecule has 1 heterocycles. The Morgan fingerprint density at radius 2 is 2.05 bits per heavy atom. The monoisotopic (exact) mass is 293 g/mol. The van der Waals surface area contributed by atoms with E-state index in [0.717, 1.165) is 4.90 Å². The average molecular weight is 294 g/mol.